The van der Waals surface area contributed by atoms with Crippen molar-refractivity contribution < 1.29 is 13.7 Å². The summed E-state index contributed by atoms with van der Waals surface area (Å²) >= 11 is 1.45. The predicted octanol–water partition coefficient (Wildman–Crippen LogP) is 2.45. The number of rotatable bonds is 4. The van der Waals surface area contributed by atoms with Crippen LogP contribution in [0.2, 0.25) is 0 Å². The molecule has 3 rings (SSSR count). The van der Waals surface area contributed by atoms with Gasteiger partial charge in [-0.15, -0.1) is 11.3 Å². The molecule has 0 saturated heterocycles. The average Bonchev–Trinajstić information content (AvgIpc) is 3.02. The summed E-state index contributed by atoms with van der Waals surface area (Å²) in [6, 6.07) is 9.47. The maximum atomic E-state index is 12.1. The summed E-state index contributed by atoms with van der Waals surface area (Å²) in [4.78, 5) is 13.9. The Morgan fingerprint density at radius 2 is 2.10 bits per heavy atom. The Morgan fingerprint density at radius 3 is 2.76 bits per heavy atom. The van der Waals surface area contributed by atoms with Crippen LogP contribution in [0.1, 0.15) is 25.7 Å². The number of carbonyl (C=O) groups excluding carboxylic acids is 1. The lowest BCUT2D eigenvalue weighted by Gasteiger charge is -2.05. The maximum absolute atomic E-state index is 12.1. The molecule has 1 aromatic heterocycles. The van der Waals surface area contributed by atoms with Crippen molar-refractivity contribution in [3.63, 3.8) is 0 Å². The van der Waals surface area contributed by atoms with E-state index in [0.717, 1.165) is 21.8 Å². The van der Waals surface area contributed by atoms with Gasteiger partial charge in [0.25, 0.3) is 5.91 Å². The number of carbonyl (C=O) groups is 1. The number of fused-ring (bicyclic) bond motifs is 1. The minimum Gasteiger partial charge on any atom is -0.497 e. The predicted molar refractivity (Wildman–Crippen MR) is 84.0 cm³/mol. The third kappa shape index (κ3) is 3.16. The van der Waals surface area contributed by atoms with Crippen LogP contribution >= 0.6 is 11.3 Å². The second-order valence-electron chi connectivity index (χ2n) is 4.82. The van der Waals surface area contributed by atoms with Gasteiger partial charge in [-0.3, -0.25) is 9.00 Å². The first-order valence-corrected chi connectivity index (χ1v) is 8.84. The molecule has 4 nitrogen and oxygen atoms in total. The monoisotopic (exact) mass is 321 g/mol. The Kier molecular flexibility index (Phi) is 4.07. The fourth-order valence-electron chi connectivity index (χ4n) is 2.21. The van der Waals surface area contributed by atoms with E-state index in [9.17, 15) is 9.00 Å². The van der Waals surface area contributed by atoms with Crippen LogP contribution in [-0.2, 0) is 28.9 Å². The zero-order valence-corrected chi connectivity index (χ0v) is 13.2. The zero-order chi connectivity index (χ0) is 14.8. The lowest BCUT2D eigenvalue weighted by Crippen LogP contribution is -2.21. The Labute approximate surface area is 129 Å². The van der Waals surface area contributed by atoms with Gasteiger partial charge in [-0.05, 0) is 29.3 Å². The van der Waals surface area contributed by atoms with Crippen LogP contribution in [0.4, 0.5) is 0 Å². The van der Waals surface area contributed by atoms with E-state index in [1.54, 1.807) is 7.11 Å². The highest BCUT2D eigenvalue weighted by molar-refractivity contribution is 7.84. The van der Waals surface area contributed by atoms with Gasteiger partial charge in [0.2, 0.25) is 0 Å². The van der Waals surface area contributed by atoms with Crippen LogP contribution in [0.25, 0.3) is 0 Å². The normalized spacial score (nSPS) is 16.5. The third-order valence-electron chi connectivity index (χ3n) is 3.34. The quantitative estimate of drug-likeness (QED) is 0.941. The standard InChI is InChI=1S/C15H15NO3S2/c1-19-12-4-2-10(3-5-12)7-16-15(17)13-6-11-8-21(18)9-14(11)20-13/h2-6H,7-9H2,1H3,(H,16,17). The van der Waals surface area contributed by atoms with Crippen molar-refractivity contribution in [2.24, 2.45) is 0 Å². The molecule has 0 saturated carbocycles. The number of methoxy groups -OCH3 is 1. The average molecular weight is 321 g/mol. The summed E-state index contributed by atoms with van der Waals surface area (Å²) < 4.78 is 16.5. The Balaban J connectivity index is 1.61. The molecule has 21 heavy (non-hydrogen) atoms. The van der Waals surface area contributed by atoms with Gasteiger partial charge in [-0.2, -0.15) is 0 Å². The molecule has 1 aliphatic heterocycles. The molecule has 2 heterocycles. The van der Waals surface area contributed by atoms with E-state index in [1.807, 2.05) is 30.3 Å². The van der Waals surface area contributed by atoms with Crippen molar-refractivity contribution in [1.29, 1.82) is 0 Å². The molecular weight excluding hydrogens is 306 g/mol. The fourth-order valence-corrected chi connectivity index (χ4v) is 5.01. The minimum atomic E-state index is -0.780. The molecule has 1 amide bonds. The minimum absolute atomic E-state index is 0.0731. The zero-order valence-electron chi connectivity index (χ0n) is 11.5. The lowest BCUT2D eigenvalue weighted by atomic mass is 10.2. The van der Waals surface area contributed by atoms with Crippen molar-refractivity contribution in [3.05, 3.63) is 51.2 Å². The molecule has 0 fully saturated rings. The number of thiophene rings is 1. The molecule has 1 aromatic carbocycles. The van der Waals surface area contributed by atoms with Gasteiger partial charge in [0.05, 0.1) is 23.5 Å². The Bertz CT molecular complexity index is 666. The molecule has 6 heteroatoms. The van der Waals surface area contributed by atoms with Gasteiger partial charge in [-0.25, -0.2) is 0 Å². The van der Waals surface area contributed by atoms with E-state index < -0.39 is 10.8 Å². The van der Waals surface area contributed by atoms with Gasteiger partial charge >= 0.3 is 0 Å². The largest absolute Gasteiger partial charge is 0.497 e. The van der Waals surface area contributed by atoms with Crippen LogP contribution in [-0.4, -0.2) is 17.2 Å². The van der Waals surface area contributed by atoms with Gasteiger partial charge in [0.15, 0.2) is 0 Å². The number of hydrogen-bond donors (Lipinski definition) is 1. The summed E-state index contributed by atoms with van der Waals surface area (Å²) in [6.45, 7) is 0.483. The van der Waals surface area contributed by atoms with E-state index in [0.29, 0.717) is 22.9 Å². The fraction of sp³-hybridized carbons (Fsp3) is 0.267. The van der Waals surface area contributed by atoms with Crippen molar-refractivity contribution in [1.82, 2.24) is 5.32 Å². The summed E-state index contributed by atoms with van der Waals surface area (Å²) in [6.07, 6.45) is 0. The molecule has 1 atom stereocenters. The molecule has 2 aromatic rings. The molecule has 0 bridgehead atoms. The second-order valence-corrected chi connectivity index (χ2v) is 7.41. The first-order chi connectivity index (χ1) is 10.2. The van der Waals surface area contributed by atoms with Crippen molar-refractivity contribution in [2.45, 2.75) is 18.1 Å². The Hall–Kier alpha value is -1.66. The topological polar surface area (TPSA) is 55.4 Å². The molecule has 0 aliphatic carbocycles. The van der Waals surface area contributed by atoms with Crippen LogP contribution in [0.5, 0.6) is 5.75 Å². The van der Waals surface area contributed by atoms with Crippen molar-refractivity contribution >= 4 is 28.0 Å². The van der Waals surface area contributed by atoms with E-state index in [-0.39, 0.29) is 5.91 Å². The van der Waals surface area contributed by atoms with E-state index in [2.05, 4.69) is 5.32 Å². The van der Waals surface area contributed by atoms with Gasteiger partial charge < -0.3 is 10.1 Å². The van der Waals surface area contributed by atoms with Gasteiger partial charge in [0.1, 0.15) is 5.75 Å². The first-order valence-electron chi connectivity index (χ1n) is 6.53. The molecule has 110 valence electrons. The number of benzene rings is 1. The first kappa shape index (κ1) is 14.3. The highest BCUT2D eigenvalue weighted by Gasteiger charge is 2.22. The number of ether oxygens (including phenoxy) is 1. The van der Waals surface area contributed by atoms with E-state index in [1.165, 1.54) is 11.3 Å². The van der Waals surface area contributed by atoms with Crippen LogP contribution < -0.4 is 10.1 Å². The van der Waals surface area contributed by atoms with Crippen LogP contribution in [0.3, 0.4) is 0 Å². The molecular formula is C15H15NO3S2. The summed E-state index contributed by atoms with van der Waals surface area (Å²) in [5.74, 6) is 1.90. The molecule has 0 spiro atoms. The highest BCUT2D eigenvalue weighted by atomic mass is 32.2. The van der Waals surface area contributed by atoms with Crippen molar-refractivity contribution in [2.75, 3.05) is 7.11 Å². The summed E-state index contributed by atoms with van der Waals surface area (Å²) in [5, 5.41) is 2.91. The third-order valence-corrected chi connectivity index (χ3v) is 5.94. The summed E-state index contributed by atoms with van der Waals surface area (Å²) in [7, 11) is 0.845. The Morgan fingerprint density at radius 1 is 1.33 bits per heavy atom. The van der Waals surface area contributed by atoms with Crippen LogP contribution in [0.15, 0.2) is 30.3 Å². The smallest absolute Gasteiger partial charge is 0.261 e. The lowest BCUT2D eigenvalue weighted by molar-refractivity contribution is 0.0955. The van der Waals surface area contributed by atoms with Crippen LogP contribution in [0, 0.1) is 0 Å². The SMILES string of the molecule is COc1ccc(CNC(=O)c2cc3c(s2)CS(=O)C3)cc1. The maximum Gasteiger partial charge on any atom is 0.261 e. The summed E-state index contributed by atoms with van der Waals surface area (Å²) in [5.41, 5.74) is 2.09. The van der Waals surface area contributed by atoms with Gasteiger partial charge in [-0.1, -0.05) is 12.1 Å². The number of nitrogens with one attached hydrogen (secondary N) is 1. The molecule has 0 radical (unpaired) electrons. The molecule has 1 aliphatic rings. The highest BCUT2D eigenvalue weighted by Crippen LogP contribution is 2.30. The van der Waals surface area contributed by atoms with E-state index in [4.69, 9.17) is 4.74 Å². The van der Waals surface area contributed by atoms with Crippen molar-refractivity contribution in [3.8, 4) is 5.75 Å². The molecule has 1 unspecified atom stereocenters. The number of amides is 1. The molecule has 1 N–H and O–H groups in total. The number of hydrogen-bond acceptors (Lipinski definition) is 4. The van der Waals surface area contributed by atoms with Gasteiger partial charge in [0, 0.05) is 22.2 Å². The van der Waals surface area contributed by atoms with E-state index >= 15 is 0 Å². The second kappa shape index (κ2) is 5.99.